The van der Waals surface area contributed by atoms with Crippen molar-refractivity contribution in [3.05, 3.63) is 118 Å². The lowest BCUT2D eigenvalue weighted by Crippen LogP contribution is -2.38. The minimum absolute atomic E-state index is 0.0813. The molecule has 3 aromatic rings. The number of ether oxygens (including phenoxy) is 1. The van der Waals surface area contributed by atoms with E-state index in [9.17, 15) is 18.8 Å². The van der Waals surface area contributed by atoms with Gasteiger partial charge in [-0.3, -0.25) is 9.59 Å². The molecule has 6 nitrogen and oxygen atoms in total. The number of aryl methyl sites for hydroxylation is 1. The van der Waals surface area contributed by atoms with Gasteiger partial charge in [-0.2, -0.15) is 0 Å². The van der Waals surface area contributed by atoms with Crippen molar-refractivity contribution in [3.63, 3.8) is 0 Å². The number of allylic oxidation sites excluding steroid dienone is 1. The molecule has 1 unspecified atom stereocenters. The van der Waals surface area contributed by atoms with Crippen LogP contribution >= 0.6 is 0 Å². The zero-order valence-corrected chi connectivity index (χ0v) is 21.8. The number of nitrogens with one attached hydrogen (secondary N) is 1. The zero-order chi connectivity index (χ0) is 27.2. The van der Waals surface area contributed by atoms with Crippen molar-refractivity contribution in [1.82, 2.24) is 10.2 Å². The van der Waals surface area contributed by atoms with E-state index in [0.717, 1.165) is 22.3 Å². The quantitative estimate of drug-likeness (QED) is 0.408. The fourth-order valence-electron chi connectivity index (χ4n) is 4.59. The molecule has 0 saturated carbocycles. The minimum atomic E-state index is -0.416. The Kier molecular flexibility index (Phi) is 8.36. The van der Waals surface area contributed by atoms with Gasteiger partial charge in [0.15, 0.2) is 0 Å². The van der Waals surface area contributed by atoms with Gasteiger partial charge in [0.05, 0.1) is 18.7 Å². The fourth-order valence-corrected chi connectivity index (χ4v) is 4.59. The van der Waals surface area contributed by atoms with Crippen molar-refractivity contribution in [3.8, 4) is 0 Å². The molecule has 3 aromatic carbocycles. The van der Waals surface area contributed by atoms with Gasteiger partial charge in [0.25, 0.3) is 5.91 Å². The van der Waals surface area contributed by atoms with Gasteiger partial charge in [-0.25, -0.2) is 9.18 Å². The van der Waals surface area contributed by atoms with E-state index in [-0.39, 0.29) is 49.7 Å². The Morgan fingerprint density at radius 1 is 0.947 bits per heavy atom. The predicted molar refractivity (Wildman–Crippen MR) is 142 cm³/mol. The Hall–Kier alpha value is -4.26. The SMILES string of the molecule is CCOC(=O)C1=C(C)N(Cc2ccc(C(=O)NCc3ccc(F)cc3)cc2)C(=O)CC1c1ccc(C)cc1. The molecule has 0 bridgehead atoms. The number of carbonyl (C=O) groups is 3. The third-order valence-corrected chi connectivity index (χ3v) is 6.72. The third-order valence-electron chi connectivity index (χ3n) is 6.72. The highest BCUT2D eigenvalue weighted by Gasteiger charge is 2.36. The van der Waals surface area contributed by atoms with E-state index in [0.29, 0.717) is 16.8 Å². The van der Waals surface area contributed by atoms with E-state index in [1.807, 2.05) is 31.2 Å². The van der Waals surface area contributed by atoms with Crippen LogP contribution in [0.2, 0.25) is 0 Å². The molecule has 38 heavy (non-hydrogen) atoms. The molecule has 0 saturated heterocycles. The third kappa shape index (κ3) is 6.17. The van der Waals surface area contributed by atoms with Gasteiger partial charge in [-0.15, -0.1) is 0 Å². The second-order valence-corrected chi connectivity index (χ2v) is 9.37. The first-order chi connectivity index (χ1) is 18.3. The summed E-state index contributed by atoms with van der Waals surface area (Å²) in [7, 11) is 0. The second kappa shape index (κ2) is 11.9. The van der Waals surface area contributed by atoms with E-state index in [1.165, 1.54) is 12.1 Å². The van der Waals surface area contributed by atoms with Gasteiger partial charge in [0, 0.05) is 30.1 Å². The minimum Gasteiger partial charge on any atom is -0.463 e. The number of amides is 2. The van der Waals surface area contributed by atoms with E-state index >= 15 is 0 Å². The first-order valence-electron chi connectivity index (χ1n) is 12.6. The maximum atomic E-state index is 13.3. The molecule has 0 radical (unpaired) electrons. The van der Waals surface area contributed by atoms with Gasteiger partial charge < -0.3 is 15.0 Å². The van der Waals surface area contributed by atoms with Crippen LogP contribution in [-0.4, -0.2) is 29.3 Å². The van der Waals surface area contributed by atoms with E-state index in [1.54, 1.807) is 55.1 Å². The monoisotopic (exact) mass is 514 g/mol. The highest BCUT2D eigenvalue weighted by atomic mass is 19.1. The topological polar surface area (TPSA) is 75.7 Å². The second-order valence-electron chi connectivity index (χ2n) is 9.37. The van der Waals surface area contributed by atoms with Crippen LogP contribution in [0.5, 0.6) is 0 Å². The molecule has 4 rings (SSSR count). The molecule has 1 aliphatic rings. The lowest BCUT2D eigenvalue weighted by atomic mass is 9.83. The van der Waals surface area contributed by atoms with E-state index < -0.39 is 5.97 Å². The summed E-state index contributed by atoms with van der Waals surface area (Å²) in [5, 5.41) is 2.82. The molecular formula is C31H31FN2O4. The lowest BCUT2D eigenvalue weighted by molar-refractivity contribution is -0.140. The maximum Gasteiger partial charge on any atom is 0.336 e. The number of halogens is 1. The van der Waals surface area contributed by atoms with Gasteiger partial charge in [0.1, 0.15) is 5.82 Å². The van der Waals surface area contributed by atoms with Crippen LogP contribution in [0.1, 0.15) is 58.8 Å². The summed E-state index contributed by atoms with van der Waals surface area (Å²) in [4.78, 5) is 40.4. The summed E-state index contributed by atoms with van der Waals surface area (Å²) < 4.78 is 18.4. The molecule has 1 N–H and O–H groups in total. The van der Waals surface area contributed by atoms with Crippen molar-refractivity contribution in [2.75, 3.05) is 6.61 Å². The summed E-state index contributed by atoms with van der Waals surface area (Å²) >= 11 is 0. The normalized spacial score (nSPS) is 15.4. The van der Waals surface area contributed by atoms with Crippen molar-refractivity contribution >= 4 is 17.8 Å². The van der Waals surface area contributed by atoms with Crippen molar-refractivity contribution in [1.29, 1.82) is 0 Å². The Morgan fingerprint density at radius 2 is 1.58 bits per heavy atom. The molecule has 1 atom stereocenters. The molecule has 7 heteroatoms. The van der Waals surface area contributed by atoms with Crippen LogP contribution in [0.25, 0.3) is 0 Å². The molecular weight excluding hydrogens is 483 g/mol. The largest absolute Gasteiger partial charge is 0.463 e. The zero-order valence-electron chi connectivity index (χ0n) is 21.8. The van der Waals surface area contributed by atoms with Crippen LogP contribution < -0.4 is 5.32 Å². The number of hydrogen-bond donors (Lipinski definition) is 1. The Morgan fingerprint density at radius 3 is 2.21 bits per heavy atom. The molecule has 0 fully saturated rings. The Balaban J connectivity index is 1.50. The number of rotatable bonds is 8. The van der Waals surface area contributed by atoms with Gasteiger partial charge in [-0.1, -0.05) is 54.1 Å². The van der Waals surface area contributed by atoms with Crippen LogP contribution in [0.3, 0.4) is 0 Å². The van der Waals surface area contributed by atoms with Gasteiger partial charge >= 0.3 is 5.97 Å². The first-order valence-corrected chi connectivity index (χ1v) is 12.6. The number of hydrogen-bond acceptors (Lipinski definition) is 4. The van der Waals surface area contributed by atoms with Gasteiger partial charge in [0.2, 0.25) is 5.91 Å². The van der Waals surface area contributed by atoms with Crippen LogP contribution in [-0.2, 0) is 27.4 Å². The first kappa shape index (κ1) is 26.8. The predicted octanol–water partition coefficient (Wildman–Crippen LogP) is 5.42. The maximum absolute atomic E-state index is 13.3. The standard InChI is InChI=1S/C31H31FN2O4/c1-4-38-31(37)29-21(3)34(28(35)17-27(29)24-11-5-20(2)6-12-24)19-23-7-13-25(14-8-23)30(36)33-18-22-9-15-26(32)16-10-22/h5-16,27H,4,17-19H2,1-3H3,(H,33,36). The summed E-state index contributed by atoms with van der Waals surface area (Å²) in [5.74, 6) is -1.45. The number of carbonyl (C=O) groups excluding carboxylic acids is 3. The highest BCUT2D eigenvalue weighted by molar-refractivity contribution is 5.96. The summed E-state index contributed by atoms with van der Waals surface area (Å²) in [6, 6.07) is 20.8. The Labute approximate surface area is 222 Å². The fraction of sp³-hybridized carbons (Fsp3) is 0.258. The van der Waals surface area contributed by atoms with E-state index in [4.69, 9.17) is 4.74 Å². The molecule has 0 spiro atoms. The van der Waals surface area contributed by atoms with Crippen molar-refractivity contribution < 1.29 is 23.5 Å². The molecule has 1 heterocycles. The summed E-state index contributed by atoms with van der Waals surface area (Å²) in [5.41, 5.74) is 5.16. The summed E-state index contributed by atoms with van der Waals surface area (Å²) in [6.07, 6.45) is 0.165. The molecule has 1 aliphatic heterocycles. The van der Waals surface area contributed by atoms with Crippen molar-refractivity contribution in [2.24, 2.45) is 0 Å². The van der Waals surface area contributed by atoms with E-state index in [2.05, 4.69) is 5.32 Å². The highest BCUT2D eigenvalue weighted by Crippen LogP contribution is 2.37. The number of nitrogens with zero attached hydrogens (tertiary/aromatic N) is 1. The smallest absolute Gasteiger partial charge is 0.336 e. The molecule has 0 aromatic heterocycles. The molecule has 0 aliphatic carbocycles. The van der Waals surface area contributed by atoms with Crippen molar-refractivity contribution in [2.45, 2.75) is 46.2 Å². The molecule has 2 amide bonds. The average molecular weight is 515 g/mol. The van der Waals surface area contributed by atoms with Gasteiger partial charge in [-0.05, 0) is 61.7 Å². The average Bonchev–Trinajstić information content (AvgIpc) is 2.91. The van der Waals surface area contributed by atoms with Crippen LogP contribution in [0.15, 0.2) is 84.1 Å². The lowest BCUT2D eigenvalue weighted by Gasteiger charge is -2.34. The molecule has 196 valence electrons. The Bertz CT molecular complexity index is 1350. The van der Waals surface area contributed by atoms with Crippen LogP contribution in [0.4, 0.5) is 4.39 Å². The summed E-state index contributed by atoms with van der Waals surface area (Å²) in [6.45, 7) is 6.33. The van der Waals surface area contributed by atoms with Crippen LogP contribution in [0, 0.1) is 12.7 Å². The number of benzene rings is 3. The number of esters is 1.